The number of nitrogens with two attached hydrogens (primary N) is 3. The molecule has 0 aliphatic rings. The monoisotopic (exact) mass is 901 g/mol. The lowest BCUT2D eigenvalue weighted by Gasteiger charge is -2.31. The lowest BCUT2D eigenvalue weighted by molar-refractivity contribution is -0.132. The second-order valence-electron chi connectivity index (χ2n) is 16.5. The first-order valence-corrected chi connectivity index (χ1v) is 22.0. The lowest BCUT2D eigenvalue weighted by atomic mass is 10.0. The minimum absolute atomic E-state index is 0.0301. The van der Waals surface area contributed by atoms with Gasteiger partial charge in [0.2, 0.25) is 23.6 Å². The van der Waals surface area contributed by atoms with E-state index >= 15 is 0 Å². The Bertz CT molecular complexity index is 2570. The van der Waals surface area contributed by atoms with Gasteiger partial charge in [0, 0.05) is 77.8 Å². The molecule has 19 nitrogen and oxygen atoms in total. The van der Waals surface area contributed by atoms with E-state index in [0.29, 0.717) is 30.6 Å². The van der Waals surface area contributed by atoms with Gasteiger partial charge in [-0.3, -0.25) is 29.4 Å². The van der Waals surface area contributed by atoms with E-state index in [2.05, 4.69) is 46.6 Å². The number of amides is 7. The van der Waals surface area contributed by atoms with Crippen molar-refractivity contribution < 1.29 is 28.8 Å². The van der Waals surface area contributed by atoms with Crippen molar-refractivity contribution >= 4 is 57.4 Å². The van der Waals surface area contributed by atoms with Crippen LogP contribution in [0, 0.1) is 0 Å². The number of aromatic nitrogens is 4. The molecule has 0 fully saturated rings. The van der Waals surface area contributed by atoms with Crippen LogP contribution < -0.4 is 43.9 Å². The van der Waals surface area contributed by atoms with Gasteiger partial charge in [0.15, 0.2) is 0 Å². The minimum atomic E-state index is -1.31. The maximum Gasteiger partial charge on any atom is 0.337 e. The number of imidazole rings is 1. The molecule has 7 amide bonds. The van der Waals surface area contributed by atoms with E-state index in [1.807, 2.05) is 54.6 Å². The highest BCUT2D eigenvalue weighted by Crippen LogP contribution is 2.21. The van der Waals surface area contributed by atoms with Crippen LogP contribution in [0.1, 0.15) is 55.5 Å². The number of para-hydroxylation sites is 2. The van der Waals surface area contributed by atoms with E-state index in [4.69, 9.17) is 17.2 Å². The van der Waals surface area contributed by atoms with Crippen molar-refractivity contribution in [2.24, 2.45) is 17.2 Å². The van der Waals surface area contributed by atoms with Crippen molar-refractivity contribution in [2.45, 2.75) is 95.0 Å². The number of hydrogen-bond acceptors (Lipinski definition) is 9. The number of benzene rings is 3. The molecule has 0 aliphatic carbocycles. The molecule has 0 unspecified atom stereocenters. The molecule has 5 atom stereocenters. The predicted octanol–water partition coefficient (Wildman–Crippen LogP) is 1.86. The molecule has 3 aromatic heterocycles. The minimum Gasteiger partial charge on any atom is -0.368 e. The third-order valence-corrected chi connectivity index (χ3v) is 11.3. The Balaban J connectivity index is 1.26. The van der Waals surface area contributed by atoms with E-state index in [1.54, 1.807) is 56.7 Å². The van der Waals surface area contributed by atoms with Crippen LogP contribution in [0.2, 0.25) is 0 Å². The fourth-order valence-corrected chi connectivity index (χ4v) is 7.68. The largest absolute Gasteiger partial charge is 0.368 e. The topological polar surface area (TPSA) is 304 Å². The lowest BCUT2D eigenvalue weighted by Crippen LogP contribution is -2.63. The molecule has 3 aromatic carbocycles. The molecule has 348 valence electrons. The number of aromatic amines is 3. The number of nitrogens with one attached hydrogen (secondary N) is 8. The van der Waals surface area contributed by atoms with E-state index in [9.17, 15) is 28.8 Å². The number of carbonyl (C=O) groups is 6. The third kappa shape index (κ3) is 12.8. The number of hydrazine groups is 1. The summed E-state index contributed by atoms with van der Waals surface area (Å²) in [6.07, 6.45) is 8.11. The summed E-state index contributed by atoms with van der Waals surface area (Å²) in [5, 5.41) is 13.8. The molecule has 0 spiro atoms. The number of H-pyrrole nitrogens is 3. The molecule has 6 aromatic rings. The van der Waals surface area contributed by atoms with E-state index < -0.39 is 71.8 Å². The van der Waals surface area contributed by atoms with Crippen molar-refractivity contribution in [1.29, 1.82) is 0 Å². The van der Waals surface area contributed by atoms with E-state index in [1.165, 1.54) is 6.33 Å². The summed E-state index contributed by atoms with van der Waals surface area (Å²) in [6.45, 7) is 3.74. The summed E-state index contributed by atoms with van der Waals surface area (Å²) >= 11 is 0. The molecule has 0 saturated carbocycles. The second kappa shape index (κ2) is 22.9. The molecule has 0 radical (unpaired) electrons. The number of rotatable bonds is 22. The summed E-state index contributed by atoms with van der Waals surface area (Å²) in [6, 6.07) is 16.7. The summed E-state index contributed by atoms with van der Waals surface area (Å²) in [4.78, 5) is 96.6. The van der Waals surface area contributed by atoms with E-state index in [-0.39, 0.29) is 32.1 Å². The van der Waals surface area contributed by atoms with Crippen molar-refractivity contribution in [1.82, 2.24) is 51.6 Å². The average molecular weight is 902 g/mol. The van der Waals surface area contributed by atoms with Gasteiger partial charge in [-0.1, -0.05) is 66.7 Å². The number of urea groups is 1. The molecule has 0 bridgehead atoms. The van der Waals surface area contributed by atoms with Crippen LogP contribution in [0.4, 0.5) is 4.79 Å². The number of nitrogens with zero attached hydrogens (tertiary/aromatic N) is 2. The molecule has 0 aliphatic heterocycles. The maximum atomic E-state index is 14.6. The van der Waals surface area contributed by atoms with Crippen molar-refractivity contribution in [2.75, 3.05) is 6.54 Å². The number of primary amides is 1. The van der Waals surface area contributed by atoms with Gasteiger partial charge in [-0.2, -0.15) is 0 Å². The molecule has 19 heteroatoms. The highest BCUT2D eigenvalue weighted by molar-refractivity contribution is 5.96. The number of hydrogen-bond donors (Lipinski definition) is 11. The third-order valence-electron chi connectivity index (χ3n) is 11.3. The SMILES string of the molecule is CC(C)N(NC(=O)[C@@H](Cc1c[nH]c2ccccc12)NC(=O)[C@@H](N)Cc1cnc[nH]1)C(=O)N[C@@H](Cc1c[nH]c2ccccc12)C(=O)N[C@H](Cc1ccccc1)C(=O)N[C@@H](CCCCN)C(N)=O. The summed E-state index contributed by atoms with van der Waals surface area (Å²) in [5.41, 5.74) is 24.7. The Morgan fingerprint density at radius 2 is 1.18 bits per heavy atom. The van der Waals surface area contributed by atoms with Crippen LogP contribution in [-0.4, -0.2) is 103 Å². The Morgan fingerprint density at radius 3 is 1.74 bits per heavy atom. The summed E-state index contributed by atoms with van der Waals surface area (Å²) in [5.74, 6) is -3.42. The van der Waals surface area contributed by atoms with Crippen molar-refractivity contribution in [3.8, 4) is 0 Å². The highest BCUT2D eigenvalue weighted by Gasteiger charge is 2.33. The first-order chi connectivity index (χ1) is 31.8. The zero-order valence-electron chi connectivity index (χ0n) is 37.0. The van der Waals surface area contributed by atoms with Crippen LogP contribution in [0.3, 0.4) is 0 Å². The van der Waals surface area contributed by atoms with Gasteiger partial charge in [-0.25, -0.2) is 14.8 Å². The van der Waals surface area contributed by atoms with Gasteiger partial charge < -0.3 is 53.4 Å². The van der Waals surface area contributed by atoms with Crippen molar-refractivity contribution in [3.63, 3.8) is 0 Å². The fraction of sp³-hybridized carbons (Fsp3) is 0.340. The molecule has 66 heavy (non-hydrogen) atoms. The van der Waals surface area contributed by atoms with Crippen LogP contribution >= 0.6 is 0 Å². The van der Waals surface area contributed by atoms with Crippen molar-refractivity contribution in [3.05, 3.63) is 126 Å². The zero-order valence-corrected chi connectivity index (χ0v) is 37.0. The fourth-order valence-electron chi connectivity index (χ4n) is 7.68. The van der Waals surface area contributed by atoms with Crippen LogP contribution in [0.25, 0.3) is 21.8 Å². The van der Waals surface area contributed by atoms with Crippen LogP contribution in [0.5, 0.6) is 0 Å². The maximum absolute atomic E-state index is 14.6. The Labute approximate surface area is 381 Å². The highest BCUT2D eigenvalue weighted by atomic mass is 16.2. The molecular formula is C47H59N13O6. The smallest absolute Gasteiger partial charge is 0.337 e. The molecule has 6 rings (SSSR count). The number of unbranched alkanes of at least 4 members (excludes halogenated alkanes) is 1. The van der Waals surface area contributed by atoms with Crippen LogP contribution in [-0.2, 0) is 49.7 Å². The molecule has 0 saturated heterocycles. The average Bonchev–Trinajstić information content (AvgIpc) is 4.08. The quantitative estimate of drug-likeness (QED) is 0.0350. The first-order valence-electron chi connectivity index (χ1n) is 22.0. The Morgan fingerprint density at radius 1 is 0.636 bits per heavy atom. The predicted molar refractivity (Wildman–Crippen MR) is 250 cm³/mol. The zero-order chi connectivity index (χ0) is 47.2. The first kappa shape index (κ1) is 48.0. The van der Waals surface area contributed by atoms with Gasteiger partial charge in [0.1, 0.15) is 24.2 Å². The molecule has 14 N–H and O–H groups in total. The molecular weight excluding hydrogens is 843 g/mol. The normalized spacial score (nSPS) is 13.6. The van der Waals surface area contributed by atoms with Gasteiger partial charge in [0.25, 0.3) is 5.91 Å². The Hall–Kier alpha value is -7.51. The van der Waals surface area contributed by atoms with Gasteiger partial charge in [-0.05, 0) is 68.5 Å². The van der Waals surface area contributed by atoms with Gasteiger partial charge >= 0.3 is 6.03 Å². The molecule has 3 heterocycles. The number of fused-ring (bicyclic) bond motifs is 2. The van der Waals surface area contributed by atoms with E-state index in [0.717, 1.165) is 37.9 Å². The summed E-state index contributed by atoms with van der Waals surface area (Å²) < 4.78 is 0. The number of carbonyl (C=O) groups excluding carboxylic acids is 6. The second-order valence-corrected chi connectivity index (χ2v) is 16.5. The standard InChI is InChI=1S/C47H59N13O6/c1-28(2)60(59-46(65)41(22-31-25-53-37-17-9-7-15-34(31)37)56-43(62)35(49)23-32-26-51-27-54-32)47(66)58-40(21-30-24-52-36-16-8-6-14-33(30)36)45(64)57-39(20-29-12-4-3-5-13-29)44(63)55-38(42(50)61)18-10-11-19-48/h3-9,12-17,24-28,35,38-41,52-53H,10-11,18-23,48-49H2,1-2H3,(H2,50,61)(H,51,54)(H,55,63)(H,56,62)(H,57,64)(H,58,66)(H,59,65)/t35-,38-,39+,40-,41+/m0/s1. The Kier molecular flexibility index (Phi) is 16.6. The summed E-state index contributed by atoms with van der Waals surface area (Å²) in [7, 11) is 0. The van der Waals surface area contributed by atoms with Crippen LogP contribution in [0.15, 0.2) is 104 Å². The van der Waals surface area contributed by atoms with Gasteiger partial charge in [0.05, 0.1) is 12.4 Å². The van der Waals surface area contributed by atoms with Gasteiger partial charge in [-0.15, -0.1) is 0 Å².